The van der Waals surface area contributed by atoms with Gasteiger partial charge in [0.15, 0.2) is 11.6 Å². The molecule has 5 nitrogen and oxygen atoms in total. The molecule has 0 amide bonds. The van der Waals surface area contributed by atoms with Crippen LogP contribution in [0.1, 0.15) is 5.56 Å². The van der Waals surface area contributed by atoms with Gasteiger partial charge in [-0.2, -0.15) is 5.26 Å². The van der Waals surface area contributed by atoms with Gasteiger partial charge in [0.25, 0.3) is 0 Å². The first kappa shape index (κ1) is 13.0. The third kappa shape index (κ3) is 2.07. The molecule has 0 saturated carbocycles. The number of aromatic amines is 1. The fraction of sp³-hybridized carbons (Fsp3) is 0.0714. The van der Waals surface area contributed by atoms with Gasteiger partial charge >= 0.3 is 0 Å². The second kappa shape index (κ2) is 4.83. The van der Waals surface area contributed by atoms with Crippen molar-refractivity contribution in [3.05, 3.63) is 41.7 Å². The van der Waals surface area contributed by atoms with E-state index in [0.717, 1.165) is 12.3 Å². The molecule has 0 unspecified atom stereocenters. The minimum atomic E-state index is -0.623. The molecule has 0 bridgehead atoms. The van der Waals surface area contributed by atoms with Crippen LogP contribution in [0.3, 0.4) is 0 Å². The topological polar surface area (TPSA) is 77.4 Å². The Morgan fingerprint density at radius 2 is 2.14 bits per heavy atom. The molecule has 3 aromatic rings. The van der Waals surface area contributed by atoms with Crippen molar-refractivity contribution in [2.75, 3.05) is 12.4 Å². The molecule has 7 heteroatoms. The SMILES string of the molecule is CNc1nc(-c2c[nH]c3ncc(F)cc23)c(C#N)cc1F. The Kier molecular flexibility index (Phi) is 2.99. The standard InChI is InChI=1S/C14H9F2N5/c1-18-14-11(16)2-7(4-17)12(21-14)10-6-20-13-9(10)3-8(15)5-19-13/h2-3,5-6H,1H3,(H,18,21)(H,19,20). The van der Waals surface area contributed by atoms with Crippen LogP contribution in [0.5, 0.6) is 0 Å². The summed E-state index contributed by atoms with van der Waals surface area (Å²) in [7, 11) is 1.53. The number of nitrogens with one attached hydrogen (secondary N) is 2. The number of aromatic nitrogens is 3. The molecule has 3 rings (SSSR count). The minimum Gasteiger partial charge on any atom is -0.371 e. The molecule has 21 heavy (non-hydrogen) atoms. The highest BCUT2D eigenvalue weighted by molar-refractivity contribution is 5.94. The molecule has 0 aliphatic carbocycles. The van der Waals surface area contributed by atoms with Gasteiger partial charge in [-0.15, -0.1) is 0 Å². The van der Waals surface area contributed by atoms with Gasteiger partial charge in [-0.25, -0.2) is 18.7 Å². The van der Waals surface area contributed by atoms with Crippen molar-refractivity contribution in [3.8, 4) is 17.3 Å². The molecule has 0 saturated heterocycles. The van der Waals surface area contributed by atoms with E-state index in [1.807, 2.05) is 6.07 Å². The average Bonchev–Trinajstić information content (AvgIpc) is 2.89. The first-order chi connectivity index (χ1) is 10.1. The first-order valence-electron chi connectivity index (χ1n) is 6.05. The maximum atomic E-state index is 13.7. The number of H-pyrrole nitrogens is 1. The lowest BCUT2D eigenvalue weighted by atomic mass is 10.1. The summed E-state index contributed by atoms with van der Waals surface area (Å²) in [5.74, 6) is -1.11. The molecule has 104 valence electrons. The van der Waals surface area contributed by atoms with Crippen LogP contribution in [0.15, 0.2) is 24.5 Å². The van der Waals surface area contributed by atoms with Crippen LogP contribution in [0.25, 0.3) is 22.3 Å². The van der Waals surface area contributed by atoms with Gasteiger partial charge in [0.2, 0.25) is 0 Å². The van der Waals surface area contributed by atoms with Gasteiger partial charge in [-0.1, -0.05) is 0 Å². The number of halogens is 2. The van der Waals surface area contributed by atoms with Crippen LogP contribution in [-0.2, 0) is 0 Å². The van der Waals surface area contributed by atoms with Crippen LogP contribution in [-0.4, -0.2) is 22.0 Å². The van der Waals surface area contributed by atoms with Gasteiger partial charge in [-0.05, 0) is 12.1 Å². The maximum Gasteiger partial charge on any atom is 0.166 e. The number of nitrogens with zero attached hydrogens (tertiary/aromatic N) is 3. The van der Waals surface area contributed by atoms with E-state index in [1.54, 1.807) is 6.20 Å². The van der Waals surface area contributed by atoms with E-state index in [0.29, 0.717) is 16.6 Å². The number of nitriles is 1. The largest absolute Gasteiger partial charge is 0.371 e. The van der Waals surface area contributed by atoms with Crippen molar-refractivity contribution in [2.45, 2.75) is 0 Å². The smallest absolute Gasteiger partial charge is 0.166 e. The van der Waals surface area contributed by atoms with Crippen molar-refractivity contribution in [3.63, 3.8) is 0 Å². The Hall–Kier alpha value is -3.01. The normalized spacial score (nSPS) is 10.6. The zero-order valence-electron chi connectivity index (χ0n) is 10.9. The summed E-state index contributed by atoms with van der Waals surface area (Å²) in [4.78, 5) is 10.9. The van der Waals surface area contributed by atoms with Crippen LogP contribution in [0, 0.1) is 23.0 Å². The lowest BCUT2D eigenvalue weighted by molar-refractivity contribution is 0.624. The van der Waals surface area contributed by atoms with Gasteiger partial charge in [0.05, 0.1) is 17.5 Å². The average molecular weight is 285 g/mol. The second-order valence-corrected chi connectivity index (χ2v) is 4.33. The zero-order valence-corrected chi connectivity index (χ0v) is 10.9. The van der Waals surface area contributed by atoms with E-state index in [9.17, 15) is 8.78 Å². The minimum absolute atomic E-state index is 0.0164. The van der Waals surface area contributed by atoms with Crippen molar-refractivity contribution < 1.29 is 8.78 Å². The molecule has 0 aromatic carbocycles. The Labute approximate surface area is 118 Å². The first-order valence-corrected chi connectivity index (χ1v) is 6.05. The lowest BCUT2D eigenvalue weighted by Crippen LogP contribution is -2.00. The summed E-state index contributed by atoms with van der Waals surface area (Å²) in [6, 6.07) is 4.29. The predicted molar refractivity (Wildman–Crippen MR) is 73.5 cm³/mol. The summed E-state index contributed by atoms with van der Waals surface area (Å²) in [6.45, 7) is 0. The van der Waals surface area contributed by atoms with Crippen molar-refractivity contribution >= 4 is 16.9 Å². The summed E-state index contributed by atoms with van der Waals surface area (Å²) in [5, 5.41) is 12.2. The van der Waals surface area contributed by atoms with E-state index in [1.165, 1.54) is 13.1 Å². The third-order valence-electron chi connectivity index (χ3n) is 3.09. The fourth-order valence-corrected chi connectivity index (χ4v) is 2.13. The molecule has 0 fully saturated rings. The van der Waals surface area contributed by atoms with E-state index in [4.69, 9.17) is 5.26 Å². The number of fused-ring (bicyclic) bond motifs is 1. The molecule has 0 spiro atoms. The summed E-state index contributed by atoms with van der Waals surface area (Å²) in [6.07, 6.45) is 2.66. The Morgan fingerprint density at radius 3 is 2.86 bits per heavy atom. The number of pyridine rings is 2. The van der Waals surface area contributed by atoms with Gasteiger partial charge in [0.1, 0.15) is 17.5 Å². The van der Waals surface area contributed by atoms with E-state index >= 15 is 0 Å². The van der Waals surface area contributed by atoms with E-state index in [-0.39, 0.29) is 17.1 Å². The Morgan fingerprint density at radius 1 is 1.33 bits per heavy atom. The molecule has 2 N–H and O–H groups in total. The van der Waals surface area contributed by atoms with Gasteiger partial charge < -0.3 is 10.3 Å². The maximum absolute atomic E-state index is 13.7. The predicted octanol–water partition coefficient (Wildman–Crippen LogP) is 2.82. The van der Waals surface area contributed by atoms with Crippen molar-refractivity contribution in [1.29, 1.82) is 5.26 Å². The highest BCUT2D eigenvalue weighted by Gasteiger charge is 2.16. The Bertz CT molecular complexity index is 879. The molecule has 3 heterocycles. The molecule has 0 aliphatic rings. The summed E-state index contributed by atoms with van der Waals surface area (Å²) in [5.41, 5.74) is 1.29. The van der Waals surface area contributed by atoms with Crippen LogP contribution in [0.2, 0.25) is 0 Å². The quantitative estimate of drug-likeness (QED) is 0.759. The second-order valence-electron chi connectivity index (χ2n) is 4.33. The highest BCUT2D eigenvalue weighted by atomic mass is 19.1. The molecular weight excluding hydrogens is 276 g/mol. The highest BCUT2D eigenvalue weighted by Crippen LogP contribution is 2.31. The molecule has 0 atom stereocenters. The third-order valence-corrected chi connectivity index (χ3v) is 3.09. The van der Waals surface area contributed by atoms with Gasteiger partial charge in [0, 0.05) is 24.2 Å². The van der Waals surface area contributed by atoms with Crippen LogP contribution >= 0.6 is 0 Å². The number of anilines is 1. The van der Waals surface area contributed by atoms with Crippen molar-refractivity contribution in [1.82, 2.24) is 15.0 Å². The monoisotopic (exact) mass is 285 g/mol. The van der Waals surface area contributed by atoms with Crippen LogP contribution in [0.4, 0.5) is 14.6 Å². The van der Waals surface area contributed by atoms with Gasteiger partial charge in [-0.3, -0.25) is 0 Å². The number of hydrogen-bond donors (Lipinski definition) is 2. The fourth-order valence-electron chi connectivity index (χ4n) is 2.13. The van der Waals surface area contributed by atoms with Crippen LogP contribution < -0.4 is 5.32 Å². The number of rotatable bonds is 2. The molecular formula is C14H9F2N5. The molecule has 0 aliphatic heterocycles. The van der Waals surface area contributed by atoms with E-state index in [2.05, 4.69) is 20.3 Å². The number of hydrogen-bond acceptors (Lipinski definition) is 4. The van der Waals surface area contributed by atoms with Crippen molar-refractivity contribution in [2.24, 2.45) is 0 Å². The summed E-state index contributed by atoms with van der Waals surface area (Å²) < 4.78 is 27.0. The van der Waals surface area contributed by atoms with E-state index < -0.39 is 11.6 Å². The zero-order chi connectivity index (χ0) is 15.0. The molecule has 0 radical (unpaired) electrons. The molecule has 3 aromatic heterocycles. The summed E-state index contributed by atoms with van der Waals surface area (Å²) >= 11 is 0. The Balaban J connectivity index is 2.32. The lowest BCUT2D eigenvalue weighted by Gasteiger charge is -2.07.